The molecule has 0 atom stereocenters. The van der Waals surface area contributed by atoms with E-state index in [0.717, 1.165) is 44.7 Å². The maximum Gasteiger partial charge on any atom is 0.220 e. The molecule has 0 radical (unpaired) electrons. The molecule has 5 nitrogen and oxygen atoms in total. The molecule has 0 bridgehead atoms. The number of benzene rings is 1. The first kappa shape index (κ1) is 19.3. The highest BCUT2D eigenvalue weighted by Gasteiger charge is 2.20. The Labute approximate surface area is 160 Å². The predicted molar refractivity (Wildman–Crippen MR) is 108 cm³/mol. The highest BCUT2D eigenvalue weighted by molar-refractivity contribution is 7.18. The standard InChI is InChI=1S/C20H30N4OS/c1-23(2)14-11-21-19(25)8-7-16-9-12-24(13-10-16)15-20-22-17-5-3-4-6-18(17)26-20/h3-6,16H,7-15H2,1-2H3,(H,21,25). The van der Waals surface area contributed by atoms with Crippen LogP contribution in [0.25, 0.3) is 10.2 Å². The van der Waals surface area contributed by atoms with E-state index in [1.54, 1.807) is 11.3 Å². The second kappa shape index (κ2) is 9.44. The second-order valence-corrected chi connectivity index (χ2v) is 8.60. The molecule has 1 amide bonds. The lowest BCUT2D eigenvalue weighted by Crippen LogP contribution is -2.34. The Morgan fingerprint density at radius 3 is 2.81 bits per heavy atom. The number of nitrogens with zero attached hydrogens (tertiary/aromatic N) is 3. The molecule has 2 aromatic rings. The lowest BCUT2D eigenvalue weighted by Gasteiger charge is -2.31. The summed E-state index contributed by atoms with van der Waals surface area (Å²) in [6.07, 6.45) is 4.06. The summed E-state index contributed by atoms with van der Waals surface area (Å²) in [5.41, 5.74) is 1.11. The van der Waals surface area contributed by atoms with E-state index >= 15 is 0 Å². The van der Waals surface area contributed by atoms with Gasteiger partial charge in [0.1, 0.15) is 5.01 Å². The molecule has 0 saturated carbocycles. The Hall–Kier alpha value is -1.50. The number of carbonyl (C=O) groups excluding carboxylic acids is 1. The minimum absolute atomic E-state index is 0.198. The van der Waals surface area contributed by atoms with E-state index in [-0.39, 0.29) is 5.91 Å². The van der Waals surface area contributed by atoms with Crippen molar-refractivity contribution in [1.29, 1.82) is 0 Å². The van der Waals surface area contributed by atoms with Crippen LogP contribution in [0.4, 0.5) is 0 Å². The fraction of sp³-hybridized carbons (Fsp3) is 0.600. The number of piperidine rings is 1. The zero-order chi connectivity index (χ0) is 18.4. The van der Waals surface area contributed by atoms with E-state index in [2.05, 4.69) is 33.3 Å². The van der Waals surface area contributed by atoms with Crippen LogP contribution in [0.1, 0.15) is 30.7 Å². The summed E-state index contributed by atoms with van der Waals surface area (Å²) in [5, 5.41) is 4.22. The number of amides is 1. The van der Waals surface area contributed by atoms with Crippen molar-refractivity contribution >= 4 is 27.5 Å². The molecule has 1 N–H and O–H groups in total. The minimum Gasteiger partial charge on any atom is -0.355 e. The number of carbonyl (C=O) groups is 1. The zero-order valence-corrected chi connectivity index (χ0v) is 16.7. The highest BCUT2D eigenvalue weighted by atomic mass is 32.1. The molecule has 1 saturated heterocycles. The van der Waals surface area contributed by atoms with E-state index in [9.17, 15) is 4.79 Å². The van der Waals surface area contributed by atoms with Crippen LogP contribution in [0.5, 0.6) is 0 Å². The molecule has 1 aliphatic rings. The number of likely N-dealkylation sites (N-methyl/N-ethyl adjacent to an activating group) is 1. The van der Waals surface area contributed by atoms with Crippen LogP contribution < -0.4 is 5.32 Å². The van der Waals surface area contributed by atoms with Crippen molar-refractivity contribution in [1.82, 2.24) is 20.1 Å². The van der Waals surface area contributed by atoms with E-state index in [4.69, 9.17) is 4.98 Å². The number of rotatable bonds is 8. The molecule has 1 aromatic heterocycles. The van der Waals surface area contributed by atoms with Gasteiger partial charge in [-0.25, -0.2) is 4.98 Å². The van der Waals surface area contributed by atoms with Crippen LogP contribution in [0.15, 0.2) is 24.3 Å². The van der Waals surface area contributed by atoms with Crippen molar-refractivity contribution in [2.24, 2.45) is 5.92 Å². The van der Waals surface area contributed by atoms with Gasteiger partial charge in [0.25, 0.3) is 0 Å². The van der Waals surface area contributed by atoms with Gasteiger partial charge in [0.2, 0.25) is 5.91 Å². The Kier molecular flexibility index (Phi) is 7.00. The highest BCUT2D eigenvalue weighted by Crippen LogP contribution is 2.26. The molecule has 1 aromatic carbocycles. The average molecular weight is 375 g/mol. The van der Waals surface area contributed by atoms with E-state index in [1.807, 2.05) is 20.2 Å². The molecule has 1 aliphatic heterocycles. The summed E-state index contributed by atoms with van der Waals surface area (Å²) in [5.74, 6) is 0.880. The number of hydrogen-bond donors (Lipinski definition) is 1. The molecular weight excluding hydrogens is 344 g/mol. The van der Waals surface area contributed by atoms with Gasteiger partial charge in [0.15, 0.2) is 0 Å². The van der Waals surface area contributed by atoms with E-state index in [1.165, 1.54) is 22.5 Å². The molecule has 26 heavy (non-hydrogen) atoms. The van der Waals surface area contributed by atoms with Crippen molar-refractivity contribution in [3.63, 3.8) is 0 Å². The van der Waals surface area contributed by atoms with Crippen molar-refractivity contribution in [3.05, 3.63) is 29.3 Å². The van der Waals surface area contributed by atoms with Gasteiger partial charge in [-0.3, -0.25) is 9.69 Å². The van der Waals surface area contributed by atoms with Crippen LogP contribution in [-0.2, 0) is 11.3 Å². The van der Waals surface area contributed by atoms with Gasteiger partial charge in [-0.05, 0) is 64.5 Å². The predicted octanol–water partition coefficient (Wildman–Crippen LogP) is 2.97. The number of aromatic nitrogens is 1. The first-order valence-electron chi connectivity index (χ1n) is 9.58. The van der Waals surface area contributed by atoms with Crippen LogP contribution in [0.3, 0.4) is 0 Å². The van der Waals surface area contributed by atoms with Gasteiger partial charge in [-0.15, -0.1) is 11.3 Å². The fourth-order valence-corrected chi connectivity index (χ4v) is 4.46. The van der Waals surface area contributed by atoms with Crippen LogP contribution in [-0.4, -0.2) is 61.0 Å². The average Bonchev–Trinajstić information content (AvgIpc) is 3.03. The number of likely N-dealkylation sites (tertiary alicyclic amines) is 1. The summed E-state index contributed by atoms with van der Waals surface area (Å²) in [6.45, 7) is 4.82. The largest absolute Gasteiger partial charge is 0.355 e. The van der Waals surface area contributed by atoms with Gasteiger partial charge in [-0.2, -0.15) is 0 Å². The molecule has 1 fully saturated rings. The number of fused-ring (bicyclic) bond motifs is 1. The molecule has 0 spiro atoms. The Morgan fingerprint density at radius 1 is 1.31 bits per heavy atom. The zero-order valence-electron chi connectivity index (χ0n) is 15.9. The summed E-state index contributed by atoms with van der Waals surface area (Å²) >= 11 is 1.81. The van der Waals surface area contributed by atoms with Crippen molar-refractivity contribution in [2.75, 3.05) is 40.3 Å². The van der Waals surface area contributed by atoms with Gasteiger partial charge in [-0.1, -0.05) is 12.1 Å². The number of nitrogens with one attached hydrogen (secondary N) is 1. The monoisotopic (exact) mass is 374 g/mol. The number of hydrogen-bond acceptors (Lipinski definition) is 5. The molecular formula is C20H30N4OS. The first-order valence-corrected chi connectivity index (χ1v) is 10.4. The van der Waals surface area contributed by atoms with Gasteiger partial charge in [0.05, 0.1) is 16.8 Å². The maximum atomic E-state index is 11.9. The second-order valence-electron chi connectivity index (χ2n) is 7.49. The van der Waals surface area contributed by atoms with Crippen molar-refractivity contribution in [2.45, 2.75) is 32.2 Å². The first-order chi connectivity index (χ1) is 12.6. The molecule has 0 unspecified atom stereocenters. The summed E-state index contributed by atoms with van der Waals surface area (Å²) < 4.78 is 1.28. The Morgan fingerprint density at radius 2 is 2.08 bits per heavy atom. The van der Waals surface area contributed by atoms with Gasteiger partial charge < -0.3 is 10.2 Å². The Balaban J connectivity index is 1.35. The number of thiazole rings is 1. The van der Waals surface area contributed by atoms with Crippen molar-refractivity contribution < 1.29 is 4.79 Å². The summed E-state index contributed by atoms with van der Waals surface area (Å²) in [7, 11) is 4.04. The molecule has 6 heteroatoms. The molecule has 0 aliphatic carbocycles. The van der Waals surface area contributed by atoms with Crippen LogP contribution in [0, 0.1) is 5.92 Å². The SMILES string of the molecule is CN(C)CCNC(=O)CCC1CCN(Cc2nc3ccccc3s2)CC1. The summed E-state index contributed by atoms with van der Waals surface area (Å²) in [6, 6.07) is 8.36. The van der Waals surface area contributed by atoms with Crippen molar-refractivity contribution in [3.8, 4) is 0 Å². The third-order valence-corrected chi connectivity index (χ3v) is 6.09. The molecule has 3 rings (SSSR count). The fourth-order valence-electron chi connectivity index (χ4n) is 3.45. The lowest BCUT2D eigenvalue weighted by atomic mass is 9.92. The lowest BCUT2D eigenvalue weighted by molar-refractivity contribution is -0.121. The molecule has 142 valence electrons. The third-order valence-electron chi connectivity index (χ3n) is 5.07. The van der Waals surface area contributed by atoms with Crippen LogP contribution >= 0.6 is 11.3 Å². The number of para-hydroxylation sites is 1. The van der Waals surface area contributed by atoms with E-state index in [0.29, 0.717) is 12.3 Å². The van der Waals surface area contributed by atoms with Gasteiger partial charge >= 0.3 is 0 Å². The molecule has 2 heterocycles. The smallest absolute Gasteiger partial charge is 0.220 e. The maximum absolute atomic E-state index is 11.9. The topological polar surface area (TPSA) is 48.5 Å². The quantitative estimate of drug-likeness (QED) is 0.772. The Bertz CT molecular complexity index is 674. The third kappa shape index (κ3) is 5.76. The van der Waals surface area contributed by atoms with Crippen LogP contribution in [0.2, 0.25) is 0 Å². The van der Waals surface area contributed by atoms with Gasteiger partial charge in [0, 0.05) is 19.5 Å². The minimum atomic E-state index is 0.198. The normalized spacial score (nSPS) is 16.4. The summed E-state index contributed by atoms with van der Waals surface area (Å²) in [4.78, 5) is 21.2. The van der Waals surface area contributed by atoms with E-state index < -0.39 is 0 Å².